The molecular weight excluding hydrogens is 355 g/mol. The lowest BCUT2D eigenvalue weighted by Crippen LogP contribution is -2.25. The molecule has 2 unspecified atom stereocenters. The van der Waals surface area contributed by atoms with Crippen molar-refractivity contribution in [1.82, 2.24) is 0 Å². The van der Waals surface area contributed by atoms with Crippen molar-refractivity contribution in [3.63, 3.8) is 0 Å². The Morgan fingerprint density at radius 1 is 0.818 bits per heavy atom. The van der Waals surface area contributed by atoms with Crippen LogP contribution in [0.2, 0.25) is 0 Å². The summed E-state index contributed by atoms with van der Waals surface area (Å²) in [6, 6.07) is 0. The van der Waals surface area contributed by atoms with Crippen LogP contribution in [-0.4, -0.2) is 11.3 Å². The molecule has 2 atom stereocenters. The quantitative estimate of drug-likeness (QED) is 0.386. The summed E-state index contributed by atoms with van der Waals surface area (Å²) in [5.74, 6) is 1.04. The van der Waals surface area contributed by atoms with E-state index in [1.807, 2.05) is 0 Å². The van der Waals surface area contributed by atoms with Gasteiger partial charge in [-0.25, -0.2) is 0 Å². The Hall–Kier alpha value is 0.190. The van der Waals surface area contributed by atoms with E-state index in [2.05, 4.69) is 28.1 Å². The molecular formula is C19H28BrOP. The zero-order valence-corrected chi connectivity index (χ0v) is 16.0. The van der Waals surface area contributed by atoms with E-state index in [0.29, 0.717) is 23.2 Å². The van der Waals surface area contributed by atoms with Crippen molar-refractivity contribution in [2.24, 2.45) is 11.8 Å². The predicted molar refractivity (Wildman–Crippen MR) is 98.0 cm³/mol. The Morgan fingerprint density at radius 2 is 1.32 bits per heavy atom. The number of hydrogen-bond acceptors (Lipinski definition) is 1. The highest BCUT2D eigenvalue weighted by Crippen LogP contribution is 2.74. The minimum atomic E-state index is -2.23. The van der Waals surface area contributed by atoms with E-state index in [9.17, 15) is 4.57 Å². The van der Waals surface area contributed by atoms with Crippen molar-refractivity contribution in [2.75, 3.05) is 0 Å². The number of fused-ring (bicyclic) bond motifs is 2. The molecule has 0 radical (unpaired) electrons. The first-order valence-corrected chi connectivity index (χ1v) is 12.0. The molecule has 2 bridgehead atoms. The van der Waals surface area contributed by atoms with Crippen molar-refractivity contribution in [1.29, 1.82) is 0 Å². The molecule has 22 heavy (non-hydrogen) atoms. The fourth-order valence-electron chi connectivity index (χ4n) is 5.50. The summed E-state index contributed by atoms with van der Waals surface area (Å²) in [6.45, 7) is 0. The van der Waals surface area contributed by atoms with E-state index in [1.165, 1.54) is 80.4 Å². The van der Waals surface area contributed by atoms with Crippen molar-refractivity contribution in [2.45, 2.75) is 81.9 Å². The summed E-state index contributed by atoms with van der Waals surface area (Å²) in [6.07, 6.45) is 18.7. The minimum absolute atomic E-state index is 0.495. The van der Waals surface area contributed by atoms with Gasteiger partial charge in [0.05, 0.1) is 0 Å². The maximum Gasteiger partial charge on any atom is 0.119 e. The molecule has 0 saturated heterocycles. The first-order chi connectivity index (χ1) is 10.7. The SMILES string of the molecule is O=P(C1=C(Br)C2C=CC1C2)(C1CCCCC1)C1CCCCC1. The van der Waals surface area contributed by atoms with Crippen LogP contribution in [0.1, 0.15) is 70.6 Å². The Labute approximate surface area is 143 Å². The topological polar surface area (TPSA) is 17.1 Å². The van der Waals surface area contributed by atoms with Crippen LogP contribution in [0.5, 0.6) is 0 Å². The lowest BCUT2D eigenvalue weighted by molar-refractivity contribution is 0.449. The third kappa shape index (κ3) is 2.44. The molecule has 2 fully saturated rings. The van der Waals surface area contributed by atoms with Crippen molar-refractivity contribution >= 4 is 23.1 Å². The van der Waals surface area contributed by atoms with Crippen LogP contribution in [0, 0.1) is 11.8 Å². The van der Waals surface area contributed by atoms with Gasteiger partial charge in [-0.2, -0.15) is 0 Å². The molecule has 3 heteroatoms. The summed E-state index contributed by atoms with van der Waals surface area (Å²) < 4.78 is 15.9. The Bertz CT molecular complexity index is 516. The van der Waals surface area contributed by atoms with E-state index < -0.39 is 7.14 Å². The maximum atomic E-state index is 14.6. The monoisotopic (exact) mass is 382 g/mol. The summed E-state index contributed by atoms with van der Waals surface area (Å²) in [5.41, 5.74) is 0.999. The van der Waals surface area contributed by atoms with Gasteiger partial charge < -0.3 is 4.57 Å². The van der Waals surface area contributed by atoms with Gasteiger partial charge in [-0.15, -0.1) is 0 Å². The second-order valence-corrected chi connectivity index (χ2v) is 12.1. The minimum Gasteiger partial charge on any atom is -0.318 e. The normalized spacial score (nSPS) is 33.9. The highest BCUT2D eigenvalue weighted by atomic mass is 79.9. The van der Waals surface area contributed by atoms with Gasteiger partial charge in [0.2, 0.25) is 0 Å². The molecule has 0 aromatic carbocycles. The number of halogens is 1. The maximum absolute atomic E-state index is 14.6. The Kier molecular flexibility index (Phi) is 4.46. The lowest BCUT2D eigenvalue weighted by atomic mass is 9.99. The van der Waals surface area contributed by atoms with E-state index in [-0.39, 0.29) is 0 Å². The van der Waals surface area contributed by atoms with Gasteiger partial charge in [-0.05, 0) is 32.1 Å². The molecule has 1 nitrogen and oxygen atoms in total. The van der Waals surface area contributed by atoms with Gasteiger partial charge in [0.1, 0.15) is 7.14 Å². The second-order valence-electron chi connectivity index (χ2n) is 7.86. The highest BCUT2D eigenvalue weighted by Gasteiger charge is 2.50. The molecule has 4 aliphatic rings. The number of allylic oxidation sites excluding steroid dienone is 4. The highest BCUT2D eigenvalue weighted by molar-refractivity contribution is 9.11. The molecule has 4 rings (SSSR count). The lowest BCUT2D eigenvalue weighted by Gasteiger charge is -2.40. The Morgan fingerprint density at radius 3 is 1.77 bits per heavy atom. The van der Waals surface area contributed by atoms with Crippen LogP contribution >= 0.6 is 23.1 Å². The first kappa shape index (κ1) is 15.7. The standard InChI is InChI=1S/C19H28BrOP/c20-18-14-11-12-15(13-14)19(18)22(21,16-7-3-1-4-8-16)17-9-5-2-6-10-17/h11-12,14-17H,1-10,13H2. The second kappa shape index (κ2) is 6.25. The van der Waals surface area contributed by atoms with Crippen molar-refractivity contribution < 1.29 is 4.57 Å². The molecule has 0 amide bonds. The molecule has 0 aromatic heterocycles. The average Bonchev–Trinajstić information content (AvgIpc) is 3.17. The van der Waals surface area contributed by atoms with E-state index in [1.54, 1.807) is 0 Å². The van der Waals surface area contributed by atoms with Crippen LogP contribution < -0.4 is 0 Å². The van der Waals surface area contributed by atoms with E-state index in [0.717, 1.165) is 0 Å². The summed E-state index contributed by atoms with van der Waals surface area (Å²) in [5, 5.41) is 1.40. The zero-order chi connectivity index (χ0) is 15.2. The van der Waals surface area contributed by atoms with E-state index >= 15 is 0 Å². The Balaban J connectivity index is 1.73. The summed E-state index contributed by atoms with van der Waals surface area (Å²) in [4.78, 5) is 0. The fraction of sp³-hybridized carbons (Fsp3) is 0.789. The summed E-state index contributed by atoms with van der Waals surface area (Å²) >= 11 is 3.89. The molecule has 0 N–H and O–H groups in total. The van der Waals surface area contributed by atoms with E-state index in [4.69, 9.17) is 0 Å². The van der Waals surface area contributed by atoms with Gasteiger partial charge in [0.15, 0.2) is 0 Å². The third-order valence-corrected chi connectivity index (χ3v) is 12.5. The van der Waals surface area contributed by atoms with Gasteiger partial charge in [-0.1, -0.05) is 66.6 Å². The van der Waals surface area contributed by atoms with Crippen LogP contribution in [0.15, 0.2) is 21.9 Å². The average molecular weight is 383 g/mol. The molecule has 122 valence electrons. The van der Waals surface area contributed by atoms with Crippen molar-refractivity contribution in [3.8, 4) is 0 Å². The van der Waals surface area contributed by atoms with Gasteiger partial charge >= 0.3 is 0 Å². The van der Waals surface area contributed by atoms with Gasteiger partial charge in [0, 0.05) is 33.0 Å². The molecule has 2 saturated carbocycles. The van der Waals surface area contributed by atoms with Crippen LogP contribution in [0.3, 0.4) is 0 Å². The van der Waals surface area contributed by atoms with Crippen LogP contribution in [0.4, 0.5) is 0 Å². The van der Waals surface area contributed by atoms with Crippen LogP contribution in [0.25, 0.3) is 0 Å². The number of hydrogen-bond donors (Lipinski definition) is 0. The van der Waals surface area contributed by atoms with Gasteiger partial charge in [-0.3, -0.25) is 0 Å². The predicted octanol–water partition coefficient (Wildman–Crippen LogP) is 6.83. The van der Waals surface area contributed by atoms with Gasteiger partial charge in [0.25, 0.3) is 0 Å². The first-order valence-electron chi connectivity index (χ1n) is 9.39. The zero-order valence-electron chi connectivity index (χ0n) is 13.5. The molecule has 0 heterocycles. The smallest absolute Gasteiger partial charge is 0.119 e. The third-order valence-electron chi connectivity index (χ3n) is 6.62. The largest absolute Gasteiger partial charge is 0.318 e. The molecule has 0 aliphatic heterocycles. The molecule has 0 spiro atoms. The molecule has 0 aromatic rings. The van der Waals surface area contributed by atoms with Crippen LogP contribution in [-0.2, 0) is 4.57 Å². The van der Waals surface area contributed by atoms with Crippen molar-refractivity contribution in [3.05, 3.63) is 21.9 Å². The molecule has 4 aliphatic carbocycles. The fourth-order valence-corrected chi connectivity index (χ4v) is 11.8. The number of rotatable bonds is 3. The summed E-state index contributed by atoms with van der Waals surface area (Å²) in [7, 11) is -2.23.